The molecule has 1 aliphatic rings. The second kappa shape index (κ2) is 9.74. The van der Waals surface area contributed by atoms with Gasteiger partial charge in [0.1, 0.15) is 0 Å². The summed E-state index contributed by atoms with van der Waals surface area (Å²) in [6.07, 6.45) is 6.14. The van der Waals surface area contributed by atoms with Crippen molar-refractivity contribution >= 4 is 11.9 Å². The van der Waals surface area contributed by atoms with E-state index in [1.54, 1.807) is 0 Å². The molecule has 142 valence electrons. The fraction of sp³-hybridized carbons (Fsp3) is 0.444. The highest BCUT2D eigenvalue weighted by atomic mass is 19.3. The topological polar surface area (TPSA) is 73.9 Å². The molecule has 1 aromatic rings. The zero-order valence-corrected chi connectivity index (χ0v) is 14.4. The summed E-state index contributed by atoms with van der Waals surface area (Å²) in [4.78, 5) is 23.7. The van der Waals surface area contributed by atoms with Gasteiger partial charge in [-0.3, -0.25) is 9.59 Å². The van der Waals surface area contributed by atoms with Crippen molar-refractivity contribution in [2.45, 2.75) is 32.4 Å². The maximum Gasteiger partial charge on any atom is 0.387 e. The van der Waals surface area contributed by atoms with Gasteiger partial charge in [0.15, 0.2) is 18.1 Å². The number of methoxy groups -OCH3 is 1. The van der Waals surface area contributed by atoms with Crippen LogP contribution in [0.2, 0.25) is 0 Å². The minimum atomic E-state index is -2.95. The molecule has 0 heterocycles. The summed E-state index contributed by atoms with van der Waals surface area (Å²) in [5.74, 6) is -0.974. The van der Waals surface area contributed by atoms with Crippen molar-refractivity contribution in [1.29, 1.82) is 0 Å². The number of amides is 1. The van der Waals surface area contributed by atoms with Crippen LogP contribution in [0.5, 0.6) is 11.5 Å². The lowest BCUT2D eigenvalue weighted by atomic mass is 9.95. The van der Waals surface area contributed by atoms with Gasteiger partial charge in [-0.25, -0.2) is 0 Å². The molecule has 26 heavy (non-hydrogen) atoms. The Kier molecular flexibility index (Phi) is 7.37. The van der Waals surface area contributed by atoms with E-state index in [0.717, 1.165) is 12.8 Å². The Balaban J connectivity index is 1.79. The smallest absolute Gasteiger partial charge is 0.387 e. The molecule has 0 aliphatic heterocycles. The van der Waals surface area contributed by atoms with Crippen LogP contribution >= 0.6 is 0 Å². The van der Waals surface area contributed by atoms with Crippen molar-refractivity contribution in [2.24, 2.45) is 5.92 Å². The van der Waals surface area contributed by atoms with Crippen molar-refractivity contribution in [1.82, 2.24) is 5.32 Å². The Bertz CT molecular complexity index is 663. The molecule has 0 bridgehead atoms. The lowest BCUT2D eigenvalue weighted by Gasteiger charge is -2.16. The third-order valence-corrected chi connectivity index (χ3v) is 3.88. The van der Waals surface area contributed by atoms with Crippen LogP contribution in [0, 0.1) is 5.92 Å². The van der Waals surface area contributed by atoms with E-state index in [2.05, 4.69) is 10.1 Å². The van der Waals surface area contributed by atoms with Gasteiger partial charge in [-0.15, -0.1) is 0 Å². The fourth-order valence-corrected chi connectivity index (χ4v) is 2.53. The predicted octanol–water partition coefficient (Wildman–Crippen LogP) is 2.81. The number of ether oxygens (including phenoxy) is 3. The minimum Gasteiger partial charge on any atom is -0.493 e. The predicted molar refractivity (Wildman–Crippen MR) is 88.9 cm³/mol. The Morgan fingerprint density at radius 1 is 1.27 bits per heavy atom. The molecule has 0 saturated carbocycles. The fourth-order valence-electron chi connectivity index (χ4n) is 2.53. The number of hydrogen-bond donors (Lipinski definition) is 1. The summed E-state index contributed by atoms with van der Waals surface area (Å²) in [5, 5.41) is 2.59. The van der Waals surface area contributed by atoms with E-state index in [1.165, 1.54) is 25.3 Å². The van der Waals surface area contributed by atoms with Gasteiger partial charge in [-0.2, -0.15) is 8.78 Å². The van der Waals surface area contributed by atoms with E-state index in [-0.39, 0.29) is 36.5 Å². The number of allylic oxidation sites excluding steroid dienone is 2. The van der Waals surface area contributed by atoms with Gasteiger partial charge < -0.3 is 19.5 Å². The second-order valence-electron chi connectivity index (χ2n) is 5.73. The molecule has 6 nitrogen and oxygen atoms in total. The standard InChI is InChI=1S/C18H21F2NO5/c1-24-15-9-12(7-8-14(15)26-18(19)20)10-21-16(22)11-25-17(23)13-5-3-2-4-6-13/h2-3,7-9,13,18H,4-6,10-11H2,1H3,(H,21,22)/t13-/m0/s1. The minimum absolute atomic E-state index is 0.0898. The van der Waals surface area contributed by atoms with E-state index in [9.17, 15) is 18.4 Å². The first kappa shape index (κ1) is 19.7. The van der Waals surface area contributed by atoms with Crippen molar-refractivity contribution in [3.8, 4) is 11.5 Å². The van der Waals surface area contributed by atoms with Crippen LogP contribution in [0.25, 0.3) is 0 Å². The molecule has 1 amide bonds. The third kappa shape index (κ3) is 6.02. The van der Waals surface area contributed by atoms with Gasteiger partial charge in [0.2, 0.25) is 0 Å². The van der Waals surface area contributed by atoms with Crippen molar-refractivity contribution in [3.63, 3.8) is 0 Å². The highest BCUT2D eigenvalue weighted by molar-refractivity contribution is 5.81. The van der Waals surface area contributed by atoms with Crippen LogP contribution in [-0.2, 0) is 20.9 Å². The first-order chi connectivity index (χ1) is 12.5. The molecule has 1 atom stereocenters. The lowest BCUT2D eigenvalue weighted by molar-refractivity contribution is -0.152. The van der Waals surface area contributed by atoms with E-state index in [0.29, 0.717) is 12.0 Å². The second-order valence-corrected chi connectivity index (χ2v) is 5.73. The average molecular weight is 369 g/mol. The number of benzene rings is 1. The Labute approximate surface area is 150 Å². The first-order valence-corrected chi connectivity index (χ1v) is 8.19. The summed E-state index contributed by atoms with van der Waals surface area (Å²) in [6.45, 7) is -3.18. The molecule has 0 fully saturated rings. The van der Waals surface area contributed by atoms with Crippen LogP contribution in [0.3, 0.4) is 0 Å². The zero-order valence-electron chi connectivity index (χ0n) is 14.4. The van der Waals surface area contributed by atoms with Gasteiger partial charge in [0, 0.05) is 6.54 Å². The Morgan fingerprint density at radius 2 is 2.08 bits per heavy atom. The quantitative estimate of drug-likeness (QED) is 0.563. The van der Waals surface area contributed by atoms with E-state index >= 15 is 0 Å². The number of alkyl halides is 2. The van der Waals surface area contributed by atoms with Gasteiger partial charge >= 0.3 is 12.6 Å². The van der Waals surface area contributed by atoms with Crippen LogP contribution in [0.15, 0.2) is 30.4 Å². The largest absolute Gasteiger partial charge is 0.493 e. The van der Waals surface area contributed by atoms with Crippen LogP contribution in [-0.4, -0.2) is 32.2 Å². The zero-order chi connectivity index (χ0) is 18.9. The average Bonchev–Trinajstić information content (AvgIpc) is 2.65. The maximum atomic E-state index is 12.3. The molecular weight excluding hydrogens is 348 g/mol. The molecule has 1 N–H and O–H groups in total. The molecule has 1 aliphatic carbocycles. The molecule has 8 heteroatoms. The normalized spacial score (nSPS) is 16.2. The van der Waals surface area contributed by atoms with Crippen molar-refractivity contribution < 1.29 is 32.6 Å². The highest BCUT2D eigenvalue weighted by Crippen LogP contribution is 2.29. The number of carbonyl (C=O) groups is 2. The first-order valence-electron chi connectivity index (χ1n) is 8.19. The third-order valence-electron chi connectivity index (χ3n) is 3.88. The van der Waals surface area contributed by atoms with Gasteiger partial charge in [-0.05, 0) is 37.0 Å². The molecule has 1 aromatic carbocycles. The molecule has 0 aromatic heterocycles. The molecule has 0 saturated heterocycles. The monoisotopic (exact) mass is 369 g/mol. The van der Waals surface area contributed by atoms with E-state index in [1.807, 2.05) is 12.2 Å². The molecule has 0 radical (unpaired) electrons. The number of rotatable bonds is 8. The summed E-state index contributed by atoms with van der Waals surface area (Å²) in [5.41, 5.74) is 0.626. The Hall–Kier alpha value is -2.64. The van der Waals surface area contributed by atoms with Gasteiger partial charge in [0.05, 0.1) is 13.0 Å². The molecular formula is C18H21F2NO5. The summed E-state index contributed by atoms with van der Waals surface area (Å²) < 4.78 is 38.9. The highest BCUT2D eigenvalue weighted by Gasteiger charge is 2.21. The number of esters is 1. The van der Waals surface area contributed by atoms with Crippen LogP contribution < -0.4 is 14.8 Å². The number of nitrogens with one attached hydrogen (secondary N) is 1. The summed E-state index contributed by atoms with van der Waals surface area (Å²) in [7, 11) is 1.33. The van der Waals surface area contributed by atoms with E-state index in [4.69, 9.17) is 9.47 Å². The lowest BCUT2D eigenvalue weighted by Crippen LogP contribution is -2.30. The summed E-state index contributed by atoms with van der Waals surface area (Å²) in [6, 6.07) is 4.35. The molecule has 2 rings (SSSR count). The van der Waals surface area contributed by atoms with Gasteiger partial charge in [0.25, 0.3) is 5.91 Å². The number of carbonyl (C=O) groups excluding carboxylic acids is 2. The van der Waals surface area contributed by atoms with Crippen molar-refractivity contribution in [3.05, 3.63) is 35.9 Å². The number of hydrogen-bond acceptors (Lipinski definition) is 5. The maximum absolute atomic E-state index is 12.3. The van der Waals surface area contributed by atoms with Crippen molar-refractivity contribution in [2.75, 3.05) is 13.7 Å². The number of halogens is 2. The van der Waals surface area contributed by atoms with Gasteiger partial charge in [-0.1, -0.05) is 18.2 Å². The van der Waals surface area contributed by atoms with E-state index < -0.39 is 12.5 Å². The Morgan fingerprint density at radius 3 is 2.73 bits per heavy atom. The SMILES string of the molecule is COc1cc(CNC(=O)COC(=O)[C@H]2CC=CCC2)ccc1OC(F)F. The summed E-state index contributed by atoms with van der Waals surface area (Å²) >= 11 is 0. The van der Waals surface area contributed by atoms with Crippen LogP contribution in [0.1, 0.15) is 24.8 Å². The van der Waals surface area contributed by atoms with Crippen LogP contribution in [0.4, 0.5) is 8.78 Å². The molecule has 0 spiro atoms. The molecule has 0 unspecified atom stereocenters.